The van der Waals surface area contributed by atoms with Crippen molar-refractivity contribution < 1.29 is 0 Å². The Labute approximate surface area is 118 Å². The Balaban J connectivity index is 1.55. The van der Waals surface area contributed by atoms with Crippen molar-refractivity contribution in [2.45, 2.75) is 63.5 Å². The predicted molar refractivity (Wildman–Crippen MR) is 80.2 cm³/mol. The Bertz CT molecular complexity index is 269. The van der Waals surface area contributed by atoms with Crippen molar-refractivity contribution in [3.8, 4) is 0 Å². The van der Waals surface area contributed by atoms with Crippen LogP contribution in [0.5, 0.6) is 0 Å². The molecule has 110 valence electrons. The fourth-order valence-corrected chi connectivity index (χ4v) is 4.63. The van der Waals surface area contributed by atoms with Gasteiger partial charge in [0.15, 0.2) is 0 Å². The maximum atomic E-state index is 6.13. The molecule has 2 aliphatic heterocycles. The van der Waals surface area contributed by atoms with Crippen LogP contribution in [0.25, 0.3) is 0 Å². The van der Waals surface area contributed by atoms with Crippen LogP contribution < -0.4 is 5.73 Å². The third-order valence-corrected chi connectivity index (χ3v) is 5.76. The fraction of sp³-hybridized carbons (Fsp3) is 1.00. The molecule has 2 unspecified atom stereocenters. The number of hydrogen-bond donors (Lipinski definition) is 1. The molecule has 0 spiro atoms. The number of rotatable bonds is 4. The summed E-state index contributed by atoms with van der Waals surface area (Å²) in [4.78, 5) is 5.47. The highest BCUT2D eigenvalue weighted by atomic mass is 15.3. The minimum absolute atomic E-state index is 0.674. The van der Waals surface area contributed by atoms with Crippen LogP contribution in [-0.2, 0) is 0 Å². The SMILES string of the molecule is NCC(C1CCCCC1)N1CCC(N2CCCC2)C1. The smallest absolute Gasteiger partial charge is 0.0247 e. The van der Waals surface area contributed by atoms with E-state index in [0.29, 0.717) is 6.04 Å². The lowest BCUT2D eigenvalue weighted by atomic mass is 9.83. The summed E-state index contributed by atoms with van der Waals surface area (Å²) in [7, 11) is 0. The lowest BCUT2D eigenvalue weighted by Gasteiger charge is -2.36. The van der Waals surface area contributed by atoms with E-state index >= 15 is 0 Å². The Morgan fingerprint density at radius 2 is 1.63 bits per heavy atom. The molecule has 0 aromatic carbocycles. The summed E-state index contributed by atoms with van der Waals surface area (Å²) in [6.45, 7) is 6.14. The molecule has 1 aliphatic carbocycles. The highest BCUT2D eigenvalue weighted by molar-refractivity contribution is 4.91. The van der Waals surface area contributed by atoms with Gasteiger partial charge in [-0.15, -0.1) is 0 Å². The standard InChI is InChI=1S/C16H31N3/c17-12-16(14-6-2-1-3-7-14)19-11-8-15(13-19)18-9-4-5-10-18/h14-16H,1-13,17H2. The second-order valence-corrected chi connectivity index (χ2v) is 6.88. The van der Waals surface area contributed by atoms with E-state index in [4.69, 9.17) is 5.73 Å². The van der Waals surface area contributed by atoms with Gasteiger partial charge in [0.25, 0.3) is 0 Å². The van der Waals surface area contributed by atoms with Gasteiger partial charge in [0.2, 0.25) is 0 Å². The van der Waals surface area contributed by atoms with Crippen molar-refractivity contribution in [2.75, 3.05) is 32.7 Å². The molecule has 3 aliphatic rings. The van der Waals surface area contributed by atoms with Gasteiger partial charge in [-0.05, 0) is 51.1 Å². The fourth-order valence-electron chi connectivity index (χ4n) is 4.63. The van der Waals surface area contributed by atoms with E-state index in [1.165, 1.54) is 77.5 Å². The van der Waals surface area contributed by atoms with E-state index < -0.39 is 0 Å². The van der Waals surface area contributed by atoms with Crippen molar-refractivity contribution in [3.63, 3.8) is 0 Å². The molecule has 3 fully saturated rings. The number of likely N-dealkylation sites (tertiary alicyclic amines) is 2. The zero-order valence-corrected chi connectivity index (χ0v) is 12.4. The molecule has 19 heavy (non-hydrogen) atoms. The molecule has 0 aromatic rings. The maximum Gasteiger partial charge on any atom is 0.0247 e. The largest absolute Gasteiger partial charge is 0.329 e. The van der Waals surface area contributed by atoms with Gasteiger partial charge < -0.3 is 5.73 Å². The van der Waals surface area contributed by atoms with Crippen LogP contribution in [0.2, 0.25) is 0 Å². The Hall–Kier alpha value is -0.120. The van der Waals surface area contributed by atoms with Gasteiger partial charge >= 0.3 is 0 Å². The summed E-state index contributed by atoms with van der Waals surface area (Å²) in [5.74, 6) is 0.885. The predicted octanol–water partition coefficient (Wildman–Crippen LogP) is 2.06. The quantitative estimate of drug-likeness (QED) is 0.844. The highest BCUT2D eigenvalue weighted by Gasteiger charge is 2.35. The average Bonchev–Trinajstić information content (AvgIpc) is 3.11. The number of hydrogen-bond acceptors (Lipinski definition) is 3. The summed E-state index contributed by atoms with van der Waals surface area (Å²) in [5, 5.41) is 0. The topological polar surface area (TPSA) is 32.5 Å². The van der Waals surface area contributed by atoms with Crippen LogP contribution in [0.15, 0.2) is 0 Å². The van der Waals surface area contributed by atoms with Crippen LogP contribution in [0, 0.1) is 5.92 Å². The van der Waals surface area contributed by atoms with E-state index in [-0.39, 0.29) is 0 Å². The Morgan fingerprint density at radius 1 is 0.895 bits per heavy atom. The van der Waals surface area contributed by atoms with Gasteiger partial charge in [-0.3, -0.25) is 9.80 Å². The van der Waals surface area contributed by atoms with Crippen LogP contribution in [0.4, 0.5) is 0 Å². The maximum absolute atomic E-state index is 6.13. The Kier molecular flexibility index (Phi) is 4.78. The van der Waals surface area contributed by atoms with E-state index in [1.807, 2.05) is 0 Å². The Morgan fingerprint density at radius 3 is 2.32 bits per heavy atom. The molecule has 3 rings (SSSR count). The molecule has 2 atom stereocenters. The van der Waals surface area contributed by atoms with E-state index in [2.05, 4.69) is 9.80 Å². The van der Waals surface area contributed by atoms with Gasteiger partial charge in [0.05, 0.1) is 0 Å². The van der Waals surface area contributed by atoms with Crippen molar-refractivity contribution >= 4 is 0 Å². The van der Waals surface area contributed by atoms with Gasteiger partial charge in [-0.2, -0.15) is 0 Å². The van der Waals surface area contributed by atoms with Crippen LogP contribution in [-0.4, -0.2) is 54.6 Å². The molecule has 2 N–H and O–H groups in total. The zero-order chi connectivity index (χ0) is 13.1. The third kappa shape index (κ3) is 3.14. The van der Waals surface area contributed by atoms with Crippen molar-refractivity contribution in [2.24, 2.45) is 11.7 Å². The van der Waals surface area contributed by atoms with Gasteiger partial charge in [-0.25, -0.2) is 0 Å². The first-order chi connectivity index (χ1) is 9.38. The average molecular weight is 265 g/mol. The van der Waals surface area contributed by atoms with Gasteiger partial charge in [0, 0.05) is 31.7 Å². The summed E-state index contributed by atoms with van der Waals surface area (Å²) in [6.07, 6.45) is 11.4. The molecule has 2 heterocycles. The molecule has 1 saturated carbocycles. The van der Waals surface area contributed by atoms with E-state index in [9.17, 15) is 0 Å². The first-order valence-corrected chi connectivity index (χ1v) is 8.56. The zero-order valence-electron chi connectivity index (χ0n) is 12.4. The first kappa shape index (κ1) is 13.8. The molecule has 0 amide bonds. The van der Waals surface area contributed by atoms with Gasteiger partial charge in [-0.1, -0.05) is 19.3 Å². The molecule has 0 aromatic heterocycles. The van der Waals surface area contributed by atoms with Crippen molar-refractivity contribution in [1.82, 2.24) is 9.80 Å². The van der Waals surface area contributed by atoms with E-state index in [1.54, 1.807) is 0 Å². The van der Waals surface area contributed by atoms with Gasteiger partial charge in [0.1, 0.15) is 0 Å². The lowest BCUT2D eigenvalue weighted by molar-refractivity contribution is 0.135. The summed E-state index contributed by atoms with van der Waals surface area (Å²) >= 11 is 0. The van der Waals surface area contributed by atoms with E-state index in [0.717, 1.165) is 18.5 Å². The summed E-state index contributed by atoms with van der Waals surface area (Å²) < 4.78 is 0. The molecule has 2 saturated heterocycles. The van der Waals surface area contributed by atoms with Crippen LogP contribution in [0.3, 0.4) is 0 Å². The molecular weight excluding hydrogens is 234 g/mol. The molecule has 3 nitrogen and oxygen atoms in total. The molecule has 0 radical (unpaired) electrons. The molecular formula is C16H31N3. The normalized spacial score (nSPS) is 33.0. The molecule has 3 heteroatoms. The molecule has 0 bridgehead atoms. The summed E-state index contributed by atoms with van der Waals surface area (Å²) in [5.41, 5.74) is 6.13. The van der Waals surface area contributed by atoms with Crippen LogP contribution >= 0.6 is 0 Å². The van der Waals surface area contributed by atoms with Crippen molar-refractivity contribution in [3.05, 3.63) is 0 Å². The third-order valence-electron chi connectivity index (χ3n) is 5.76. The number of nitrogens with two attached hydrogens (primary N) is 1. The minimum Gasteiger partial charge on any atom is -0.329 e. The van der Waals surface area contributed by atoms with Crippen LogP contribution in [0.1, 0.15) is 51.4 Å². The first-order valence-electron chi connectivity index (χ1n) is 8.56. The monoisotopic (exact) mass is 265 g/mol. The highest BCUT2D eigenvalue weighted by Crippen LogP contribution is 2.31. The number of nitrogens with zero attached hydrogens (tertiary/aromatic N) is 2. The van der Waals surface area contributed by atoms with Crippen molar-refractivity contribution in [1.29, 1.82) is 0 Å². The second kappa shape index (κ2) is 6.55. The summed E-state index contributed by atoms with van der Waals surface area (Å²) in [6, 6.07) is 1.51. The minimum atomic E-state index is 0.674. The lowest BCUT2D eigenvalue weighted by Crippen LogP contribution is -2.46. The second-order valence-electron chi connectivity index (χ2n) is 6.88.